The molecule has 0 atom stereocenters. The minimum absolute atomic E-state index is 0.706. The van der Waals surface area contributed by atoms with Gasteiger partial charge in [-0.2, -0.15) is 0 Å². The molecule has 2 aromatic rings. The van der Waals surface area contributed by atoms with Crippen LogP contribution in [0.25, 0.3) is 0 Å². The van der Waals surface area contributed by atoms with E-state index in [0.29, 0.717) is 5.69 Å². The van der Waals surface area contributed by atoms with Gasteiger partial charge in [0.2, 0.25) is 0 Å². The lowest BCUT2D eigenvalue weighted by Crippen LogP contribution is -2.17. The van der Waals surface area contributed by atoms with Gasteiger partial charge in [0.25, 0.3) is 0 Å². The van der Waals surface area contributed by atoms with Crippen molar-refractivity contribution in [3.05, 3.63) is 41.9 Å². The Labute approximate surface area is 107 Å². The quantitative estimate of drug-likeness (QED) is 0.843. The molecule has 0 fully saturated rings. The van der Waals surface area contributed by atoms with Gasteiger partial charge in [0.15, 0.2) is 0 Å². The summed E-state index contributed by atoms with van der Waals surface area (Å²) in [5.41, 5.74) is 8.87. The zero-order valence-corrected chi connectivity index (χ0v) is 10.9. The van der Waals surface area contributed by atoms with Crippen molar-refractivity contribution in [2.75, 3.05) is 24.8 Å². The molecule has 0 aliphatic heterocycles. The first kappa shape index (κ1) is 12.4. The zero-order valence-electron chi connectivity index (χ0n) is 10.9. The molecule has 1 aromatic carbocycles. The molecular weight excluding hydrogens is 228 g/mol. The lowest BCUT2D eigenvalue weighted by Gasteiger charge is -2.21. The highest BCUT2D eigenvalue weighted by molar-refractivity contribution is 5.69. The predicted molar refractivity (Wildman–Crippen MR) is 73.0 cm³/mol. The van der Waals surface area contributed by atoms with E-state index in [9.17, 15) is 0 Å². The molecule has 1 aromatic heterocycles. The highest BCUT2D eigenvalue weighted by atomic mass is 16.5. The second kappa shape index (κ2) is 5.04. The molecule has 0 saturated heterocycles. The fraction of sp³-hybridized carbons (Fsp3) is 0.286. The minimum Gasteiger partial charge on any atom is -0.497 e. The van der Waals surface area contributed by atoms with Gasteiger partial charge < -0.3 is 19.8 Å². The molecule has 2 N–H and O–H groups in total. The summed E-state index contributed by atoms with van der Waals surface area (Å²) in [7, 11) is 3.64. The second-order valence-corrected chi connectivity index (χ2v) is 4.28. The van der Waals surface area contributed by atoms with Crippen LogP contribution in [0.4, 0.5) is 11.4 Å². The smallest absolute Gasteiger partial charge is 0.121 e. The maximum absolute atomic E-state index is 6.02. The number of benzene rings is 1. The Balaban J connectivity index is 2.19. The van der Waals surface area contributed by atoms with Gasteiger partial charge >= 0.3 is 0 Å². The number of aryl methyl sites for hydroxylation is 1. The van der Waals surface area contributed by atoms with E-state index in [-0.39, 0.29) is 0 Å². The van der Waals surface area contributed by atoms with E-state index in [0.717, 1.165) is 29.3 Å². The van der Waals surface area contributed by atoms with Crippen LogP contribution in [-0.4, -0.2) is 14.2 Å². The number of nitrogens with two attached hydrogens (primary N) is 1. The third-order valence-electron chi connectivity index (χ3n) is 3.02. The first-order valence-corrected chi connectivity index (χ1v) is 5.79. The lowest BCUT2D eigenvalue weighted by atomic mass is 10.2. The van der Waals surface area contributed by atoms with Crippen molar-refractivity contribution >= 4 is 11.4 Å². The van der Waals surface area contributed by atoms with Crippen molar-refractivity contribution in [2.45, 2.75) is 13.5 Å². The fourth-order valence-corrected chi connectivity index (χ4v) is 1.92. The van der Waals surface area contributed by atoms with Crippen LogP contribution in [0, 0.1) is 6.92 Å². The van der Waals surface area contributed by atoms with Crippen LogP contribution in [0.2, 0.25) is 0 Å². The van der Waals surface area contributed by atoms with Crippen LogP contribution in [0.3, 0.4) is 0 Å². The number of methoxy groups -OCH3 is 1. The molecule has 0 aliphatic carbocycles. The number of nitrogens with zero attached hydrogens (tertiary/aromatic N) is 1. The van der Waals surface area contributed by atoms with Gasteiger partial charge in [0, 0.05) is 25.2 Å². The van der Waals surface area contributed by atoms with Crippen LogP contribution in [0.1, 0.15) is 11.3 Å². The van der Waals surface area contributed by atoms with Crippen LogP contribution in [0.15, 0.2) is 34.9 Å². The SMILES string of the molecule is COc1ccc(N(C)Cc2ccoc2C)c(N)c1. The number of furan rings is 1. The summed E-state index contributed by atoms with van der Waals surface area (Å²) < 4.78 is 10.4. The van der Waals surface area contributed by atoms with Crippen LogP contribution in [-0.2, 0) is 6.54 Å². The first-order chi connectivity index (χ1) is 8.61. The van der Waals surface area contributed by atoms with Crippen molar-refractivity contribution in [1.82, 2.24) is 0 Å². The maximum Gasteiger partial charge on any atom is 0.121 e. The monoisotopic (exact) mass is 246 g/mol. The van der Waals surface area contributed by atoms with Crippen LogP contribution < -0.4 is 15.4 Å². The van der Waals surface area contributed by atoms with Crippen LogP contribution in [0.5, 0.6) is 5.75 Å². The number of ether oxygens (including phenoxy) is 1. The molecule has 4 heteroatoms. The largest absolute Gasteiger partial charge is 0.497 e. The van der Waals surface area contributed by atoms with E-state index in [1.54, 1.807) is 13.4 Å². The molecule has 4 nitrogen and oxygen atoms in total. The number of nitrogen functional groups attached to an aromatic ring is 1. The van der Waals surface area contributed by atoms with Gasteiger partial charge in [0.1, 0.15) is 11.5 Å². The fourth-order valence-electron chi connectivity index (χ4n) is 1.92. The maximum atomic E-state index is 6.02. The predicted octanol–water partition coefficient (Wildman–Crippen LogP) is 2.82. The highest BCUT2D eigenvalue weighted by Gasteiger charge is 2.09. The summed E-state index contributed by atoms with van der Waals surface area (Å²) in [5, 5.41) is 0. The molecule has 0 amide bonds. The van der Waals surface area contributed by atoms with Crippen molar-refractivity contribution in [1.29, 1.82) is 0 Å². The number of hydrogen-bond acceptors (Lipinski definition) is 4. The van der Waals surface area contributed by atoms with Crippen molar-refractivity contribution < 1.29 is 9.15 Å². The third kappa shape index (κ3) is 2.42. The summed E-state index contributed by atoms with van der Waals surface area (Å²) >= 11 is 0. The summed E-state index contributed by atoms with van der Waals surface area (Å²) in [5.74, 6) is 1.71. The van der Waals surface area contributed by atoms with E-state index in [2.05, 4.69) is 4.90 Å². The lowest BCUT2D eigenvalue weighted by molar-refractivity contribution is 0.415. The Bertz CT molecular complexity index is 534. The third-order valence-corrected chi connectivity index (χ3v) is 3.02. The molecule has 1 heterocycles. The Morgan fingerprint density at radius 1 is 1.33 bits per heavy atom. The second-order valence-electron chi connectivity index (χ2n) is 4.28. The molecule has 0 saturated carbocycles. The Kier molecular flexibility index (Phi) is 3.46. The molecule has 0 radical (unpaired) electrons. The van der Waals surface area contributed by atoms with Crippen molar-refractivity contribution in [3.8, 4) is 5.75 Å². The van der Waals surface area contributed by atoms with Gasteiger partial charge in [-0.1, -0.05) is 0 Å². The molecular formula is C14H18N2O2. The first-order valence-electron chi connectivity index (χ1n) is 5.79. The highest BCUT2D eigenvalue weighted by Crippen LogP contribution is 2.28. The van der Waals surface area contributed by atoms with Gasteiger partial charge in [-0.3, -0.25) is 0 Å². The Hall–Kier alpha value is -2.10. The summed E-state index contributed by atoms with van der Waals surface area (Å²) in [6.07, 6.45) is 1.70. The minimum atomic E-state index is 0.706. The summed E-state index contributed by atoms with van der Waals surface area (Å²) in [4.78, 5) is 2.09. The number of rotatable bonds is 4. The molecule has 96 valence electrons. The van der Waals surface area contributed by atoms with E-state index in [1.807, 2.05) is 38.2 Å². The van der Waals surface area contributed by atoms with Gasteiger partial charge in [-0.05, 0) is 25.1 Å². The van der Waals surface area contributed by atoms with Gasteiger partial charge in [-0.15, -0.1) is 0 Å². The molecule has 0 unspecified atom stereocenters. The number of hydrogen-bond donors (Lipinski definition) is 1. The van der Waals surface area contributed by atoms with Gasteiger partial charge in [0.05, 0.1) is 24.7 Å². The van der Waals surface area contributed by atoms with E-state index >= 15 is 0 Å². The zero-order chi connectivity index (χ0) is 13.1. The van der Waals surface area contributed by atoms with Crippen molar-refractivity contribution in [2.24, 2.45) is 0 Å². The Morgan fingerprint density at radius 3 is 2.67 bits per heavy atom. The molecule has 2 rings (SSSR count). The van der Waals surface area contributed by atoms with Crippen LogP contribution >= 0.6 is 0 Å². The average Bonchev–Trinajstić information content (AvgIpc) is 2.74. The molecule has 18 heavy (non-hydrogen) atoms. The van der Waals surface area contributed by atoms with E-state index in [4.69, 9.17) is 14.9 Å². The Morgan fingerprint density at radius 2 is 2.11 bits per heavy atom. The summed E-state index contributed by atoms with van der Waals surface area (Å²) in [6.45, 7) is 2.72. The van der Waals surface area contributed by atoms with E-state index in [1.165, 1.54) is 0 Å². The molecule has 0 spiro atoms. The summed E-state index contributed by atoms with van der Waals surface area (Å²) in [6, 6.07) is 7.67. The van der Waals surface area contributed by atoms with Crippen molar-refractivity contribution in [3.63, 3.8) is 0 Å². The molecule has 0 bridgehead atoms. The normalized spacial score (nSPS) is 10.4. The van der Waals surface area contributed by atoms with E-state index < -0.39 is 0 Å². The number of anilines is 2. The standard InChI is InChI=1S/C14H18N2O2/c1-10-11(6-7-18-10)9-16(2)14-5-4-12(17-3)8-13(14)15/h4-8H,9,15H2,1-3H3. The molecule has 0 aliphatic rings. The topological polar surface area (TPSA) is 51.6 Å². The average molecular weight is 246 g/mol. The van der Waals surface area contributed by atoms with Gasteiger partial charge in [-0.25, -0.2) is 0 Å².